The van der Waals surface area contributed by atoms with Crippen molar-refractivity contribution < 1.29 is 4.79 Å². The summed E-state index contributed by atoms with van der Waals surface area (Å²) in [5.74, 6) is 0.365. The molecule has 132 valence electrons. The van der Waals surface area contributed by atoms with Gasteiger partial charge in [-0.05, 0) is 46.6 Å². The fourth-order valence-electron chi connectivity index (χ4n) is 4.50. The monoisotopic (exact) mass is 322 g/mol. The lowest BCUT2D eigenvalue weighted by molar-refractivity contribution is -0.142. The van der Waals surface area contributed by atoms with Crippen molar-refractivity contribution in [1.82, 2.24) is 20.0 Å². The molecule has 23 heavy (non-hydrogen) atoms. The number of piperazine rings is 1. The summed E-state index contributed by atoms with van der Waals surface area (Å²) in [4.78, 5) is 20.0. The van der Waals surface area contributed by atoms with Crippen LogP contribution in [0.1, 0.15) is 40.0 Å². The van der Waals surface area contributed by atoms with Crippen LogP contribution in [0.4, 0.5) is 0 Å². The van der Waals surface area contributed by atoms with E-state index in [-0.39, 0.29) is 5.41 Å². The van der Waals surface area contributed by atoms with Crippen LogP contribution in [0.5, 0.6) is 0 Å². The van der Waals surface area contributed by atoms with Crippen LogP contribution in [0.2, 0.25) is 0 Å². The van der Waals surface area contributed by atoms with Crippen molar-refractivity contribution in [2.24, 2.45) is 5.41 Å². The minimum Gasteiger partial charge on any atom is -0.340 e. The lowest BCUT2D eigenvalue weighted by Gasteiger charge is -2.39. The quantitative estimate of drug-likeness (QED) is 0.838. The molecule has 3 rings (SSSR count). The highest BCUT2D eigenvalue weighted by Crippen LogP contribution is 2.28. The van der Waals surface area contributed by atoms with E-state index < -0.39 is 0 Å². The van der Waals surface area contributed by atoms with Crippen molar-refractivity contribution in [3.05, 3.63) is 0 Å². The Bertz CT molecular complexity index is 403. The van der Waals surface area contributed by atoms with E-state index in [4.69, 9.17) is 0 Å². The van der Waals surface area contributed by atoms with Gasteiger partial charge >= 0.3 is 0 Å². The number of hydrogen-bond acceptors (Lipinski definition) is 4. The molecular weight excluding hydrogens is 288 g/mol. The molecule has 0 bridgehead atoms. The third-order valence-corrected chi connectivity index (χ3v) is 6.35. The number of hydrogen-bond donors (Lipinski definition) is 1. The summed E-state index contributed by atoms with van der Waals surface area (Å²) in [6.45, 7) is 14.9. The van der Waals surface area contributed by atoms with Gasteiger partial charge in [0.25, 0.3) is 0 Å². The standard InChI is InChI=1S/C18H34N4O/c1-15-4-5-16(2)22(15)13-10-20-8-11-21(12-9-20)17(23)18(3)6-7-19-14-18/h15-16,19H,4-14H2,1-3H3/t15-,16-,18+/m1/s1. The van der Waals surface area contributed by atoms with Crippen LogP contribution < -0.4 is 5.32 Å². The van der Waals surface area contributed by atoms with Gasteiger partial charge in [-0.15, -0.1) is 0 Å². The van der Waals surface area contributed by atoms with Gasteiger partial charge in [-0.3, -0.25) is 14.6 Å². The molecule has 0 saturated carbocycles. The van der Waals surface area contributed by atoms with E-state index in [1.807, 2.05) is 0 Å². The Morgan fingerprint density at radius 3 is 2.30 bits per heavy atom. The zero-order valence-electron chi connectivity index (χ0n) is 15.2. The maximum atomic E-state index is 12.7. The summed E-state index contributed by atoms with van der Waals surface area (Å²) in [6, 6.07) is 1.48. The Morgan fingerprint density at radius 2 is 1.74 bits per heavy atom. The van der Waals surface area contributed by atoms with Crippen LogP contribution >= 0.6 is 0 Å². The predicted molar refractivity (Wildman–Crippen MR) is 93.5 cm³/mol. The van der Waals surface area contributed by atoms with Gasteiger partial charge in [-0.1, -0.05) is 0 Å². The van der Waals surface area contributed by atoms with E-state index in [0.29, 0.717) is 5.91 Å². The summed E-state index contributed by atoms with van der Waals surface area (Å²) in [6.07, 6.45) is 3.67. The molecule has 3 saturated heterocycles. The van der Waals surface area contributed by atoms with Crippen LogP contribution in [0.25, 0.3) is 0 Å². The normalized spacial score (nSPS) is 36.7. The summed E-state index contributed by atoms with van der Waals surface area (Å²) in [7, 11) is 0. The van der Waals surface area contributed by atoms with E-state index in [1.165, 1.54) is 19.4 Å². The fraction of sp³-hybridized carbons (Fsp3) is 0.944. The van der Waals surface area contributed by atoms with Crippen LogP contribution in [0.15, 0.2) is 0 Å². The third-order valence-electron chi connectivity index (χ3n) is 6.35. The van der Waals surface area contributed by atoms with Crippen molar-refractivity contribution in [2.45, 2.75) is 52.1 Å². The van der Waals surface area contributed by atoms with Gasteiger partial charge in [0.15, 0.2) is 0 Å². The highest BCUT2D eigenvalue weighted by atomic mass is 16.2. The molecule has 0 radical (unpaired) electrons. The van der Waals surface area contributed by atoms with Crippen molar-refractivity contribution in [3.63, 3.8) is 0 Å². The van der Waals surface area contributed by atoms with Crippen LogP contribution in [-0.2, 0) is 4.79 Å². The number of likely N-dealkylation sites (tertiary alicyclic amines) is 1. The first-order chi connectivity index (χ1) is 11.0. The number of carbonyl (C=O) groups is 1. The second-order valence-corrected chi connectivity index (χ2v) is 8.13. The summed E-state index contributed by atoms with van der Waals surface area (Å²) in [5.41, 5.74) is -0.164. The Labute approximate surface area is 141 Å². The van der Waals surface area contributed by atoms with Crippen LogP contribution in [0.3, 0.4) is 0 Å². The van der Waals surface area contributed by atoms with Gasteiger partial charge in [0, 0.05) is 57.9 Å². The number of rotatable bonds is 4. The van der Waals surface area contributed by atoms with E-state index in [1.54, 1.807) is 0 Å². The molecular formula is C18H34N4O. The molecule has 3 aliphatic heterocycles. The molecule has 3 heterocycles. The molecule has 3 fully saturated rings. The van der Waals surface area contributed by atoms with Gasteiger partial charge < -0.3 is 10.2 Å². The van der Waals surface area contributed by atoms with Crippen molar-refractivity contribution in [3.8, 4) is 0 Å². The Kier molecular flexibility index (Phi) is 5.29. The number of nitrogens with zero attached hydrogens (tertiary/aromatic N) is 3. The minimum atomic E-state index is -0.164. The third kappa shape index (κ3) is 3.72. The van der Waals surface area contributed by atoms with E-state index in [2.05, 4.69) is 40.8 Å². The van der Waals surface area contributed by atoms with Crippen molar-refractivity contribution in [1.29, 1.82) is 0 Å². The van der Waals surface area contributed by atoms with Gasteiger partial charge in [0.1, 0.15) is 0 Å². The van der Waals surface area contributed by atoms with Crippen molar-refractivity contribution >= 4 is 5.91 Å². The highest BCUT2D eigenvalue weighted by molar-refractivity contribution is 5.83. The topological polar surface area (TPSA) is 38.8 Å². The number of nitrogens with one attached hydrogen (secondary N) is 1. The molecule has 0 spiro atoms. The largest absolute Gasteiger partial charge is 0.340 e. The van der Waals surface area contributed by atoms with Gasteiger partial charge in [0.2, 0.25) is 5.91 Å². The SMILES string of the molecule is C[C@@H]1CC[C@@H](C)N1CCN1CCN(C(=O)[C@@]2(C)CCNC2)CC1. The smallest absolute Gasteiger partial charge is 0.229 e. The molecule has 0 aromatic heterocycles. The first-order valence-corrected chi connectivity index (χ1v) is 9.48. The summed E-state index contributed by atoms with van der Waals surface area (Å²) in [5, 5.41) is 3.34. The Morgan fingerprint density at radius 1 is 1.09 bits per heavy atom. The van der Waals surface area contributed by atoms with Crippen LogP contribution in [0, 0.1) is 5.41 Å². The molecule has 3 atom stereocenters. The molecule has 5 nitrogen and oxygen atoms in total. The fourth-order valence-corrected chi connectivity index (χ4v) is 4.50. The van der Waals surface area contributed by atoms with E-state index in [9.17, 15) is 4.79 Å². The molecule has 0 aromatic carbocycles. The second-order valence-electron chi connectivity index (χ2n) is 8.13. The second kappa shape index (κ2) is 7.08. The van der Waals surface area contributed by atoms with Crippen LogP contribution in [-0.4, -0.2) is 85.0 Å². The Hall–Kier alpha value is -0.650. The summed E-state index contributed by atoms with van der Waals surface area (Å²) < 4.78 is 0. The minimum absolute atomic E-state index is 0.164. The molecule has 0 unspecified atom stereocenters. The molecule has 1 amide bonds. The molecule has 0 aromatic rings. The lowest BCUT2D eigenvalue weighted by atomic mass is 9.88. The Balaban J connectivity index is 1.42. The van der Waals surface area contributed by atoms with E-state index >= 15 is 0 Å². The summed E-state index contributed by atoms with van der Waals surface area (Å²) >= 11 is 0. The molecule has 0 aliphatic carbocycles. The zero-order valence-corrected chi connectivity index (χ0v) is 15.2. The first-order valence-electron chi connectivity index (χ1n) is 9.48. The maximum absolute atomic E-state index is 12.7. The number of amides is 1. The van der Waals surface area contributed by atoms with Crippen molar-refractivity contribution in [2.75, 3.05) is 52.4 Å². The highest BCUT2D eigenvalue weighted by Gasteiger charge is 2.40. The maximum Gasteiger partial charge on any atom is 0.229 e. The average molecular weight is 322 g/mol. The lowest BCUT2D eigenvalue weighted by Crippen LogP contribution is -2.54. The predicted octanol–water partition coefficient (Wildman–Crippen LogP) is 1.00. The zero-order chi connectivity index (χ0) is 16.4. The van der Waals surface area contributed by atoms with Gasteiger partial charge in [-0.2, -0.15) is 0 Å². The average Bonchev–Trinajstić information content (AvgIpc) is 3.13. The molecule has 3 aliphatic rings. The van der Waals surface area contributed by atoms with Gasteiger partial charge in [-0.25, -0.2) is 0 Å². The molecule has 5 heteroatoms. The van der Waals surface area contributed by atoms with Gasteiger partial charge in [0.05, 0.1) is 5.41 Å². The number of carbonyl (C=O) groups excluding carboxylic acids is 1. The molecule has 1 N–H and O–H groups in total. The first kappa shape index (κ1) is 17.2. The van der Waals surface area contributed by atoms with E-state index in [0.717, 1.165) is 64.3 Å².